The third-order valence-corrected chi connectivity index (χ3v) is 2.41. The standard InChI is InChI=1S/C10H17ClN4/c1-7(2)4-5-15(3)9-8(11)6-13-10(12)14-9/h6-7H,4-5H2,1-3H3,(H2,12,13,14). The molecule has 0 aliphatic rings. The highest BCUT2D eigenvalue weighted by Crippen LogP contribution is 2.22. The second-order valence-electron chi connectivity index (χ2n) is 4.00. The molecule has 0 saturated carbocycles. The lowest BCUT2D eigenvalue weighted by atomic mass is 10.1. The summed E-state index contributed by atoms with van der Waals surface area (Å²) in [5.41, 5.74) is 5.51. The first-order valence-electron chi connectivity index (χ1n) is 5.00. The Labute approximate surface area is 95.5 Å². The molecule has 1 rings (SSSR count). The molecule has 1 heterocycles. The van der Waals surface area contributed by atoms with E-state index in [0.717, 1.165) is 13.0 Å². The molecule has 0 aliphatic carbocycles. The van der Waals surface area contributed by atoms with Crippen LogP contribution in [0.4, 0.5) is 11.8 Å². The number of aromatic nitrogens is 2. The van der Waals surface area contributed by atoms with Crippen LogP contribution in [-0.4, -0.2) is 23.6 Å². The number of nitrogen functional groups attached to an aromatic ring is 1. The SMILES string of the molecule is CC(C)CCN(C)c1nc(N)ncc1Cl. The van der Waals surface area contributed by atoms with Crippen LogP contribution < -0.4 is 10.6 Å². The number of halogens is 1. The summed E-state index contributed by atoms with van der Waals surface area (Å²) in [7, 11) is 1.95. The monoisotopic (exact) mass is 228 g/mol. The Hall–Kier alpha value is -1.03. The van der Waals surface area contributed by atoms with E-state index in [1.165, 1.54) is 6.20 Å². The molecule has 0 spiro atoms. The zero-order valence-corrected chi connectivity index (χ0v) is 10.1. The van der Waals surface area contributed by atoms with Crippen LogP contribution in [0.3, 0.4) is 0 Å². The summed E-state index contributed by atoms with van der Waals surface area (Å²) in [6.45, 7) is 5.28. The van der Waals surface area contributed by atoms with Crippen molar-refractivity contribution in [3.8, 4) is 0 Å². The highest BCUT2D eigenvalue weighted by atomic mass is 35.5. The van der Waals surface area contributed by atoms with Crippen molar-refractivity contribution in [1.29, 1.82) is 0 Å². The molecule has 0 fully saturated rings. The predicted octanol–water partition coefficient (Wildman–Crippen LogP) is 2.19. The van der Waals surface area contributed by atoms with Crippen molar-refractivity contribution < 1.29 is 0 Å². The lowest BCUT2D eigenvalue weighted by Crippen LogP contribution is -2.22. The van der Waals surface area contributed by atoms with Crippen molar-refractivity contribution in [3.05, 3.63) is 11.2 Å². The minimum absolute atomic E-state index is 0.255. The molecule has 0 saturated heterocycles. The van der Waals surface area contributed by atoms with Crippen LogP contribution >= 0.6 is 11.6 Å². The summed E-state index contributed by atoms with van der Waals surface area (Å²) >= 11 is 5.98. The molecule has 2 N–H and O–H groups in total. The third kappa shape index (κ3) is 3.55. The molecule has 0 aliphatic heterocycles. The van der Waals surface area contributed by atoms with E-state index in [0.29, 0.717) is 16.8 Å². The molecule has 0 bridgehead atoms. The van der Waals surface area contributed by atoms with Gasteiger partial charge in [-0.1, -0.05) is 25.4 Å². The highest BCUT2D eigenvalue weighted by molar-refractivity contribution is 6.32. The second-order valence-corrected chi connectivity index (χ2v) is 4.41. The lowest BCUT2D eigenvalue weighted by Gasteiger charge is -2.20. The molecule has 0 amide bonds. The van der Waals surface area contributed by atoms with Gasteiger partial charge in [-0.25, -0.2) is 4.98 Å². The average Bonchev–Trinajstić information content (AvgIpc) is 2.18. The van der Waals surface area contributed by atoms with Gasteiger partial charge in [-0.3, -0.25) is 0 Å². The molecule has 0 aromatic carbocycles. The van der Waals surface area contributed by atoms with E-state index in [1.807, 2.05) is 11.9 Å². The number of hydrogen-bond acceptors (Lipinski definition) is 4. The van der Waals surface area contributed by atoms with Crippen LogP contribution in [0, 0.1) is 5.92 Å². The fourth-order valence-corrected chi connectivity index (χ4v) is 1.43. The molecule has 5 heteroatoms. The molecule has 1 aromatic heterocycles. The first-order chi connectivity index (χ1) is 7.00. The molecule has 15 heavy (non-hydrogen) atoms. The van der Waals surface area contributed by atoms with Crippen LogP contribution in [0.1, 0.15) is 20.3 Å². The largest absolute Gasteiger partial charge is 0.368 e. The minimum Gasteiger partial charge on any atom is -0.368 e. The molecule has 0 radical (unpaired) electrons. The topological polar surface area (TPSA) is 55.0 Å². The Morgan fingerprint density at radius 2 is 2.20 bits per heavy atom. The van der Waals surface area contributed by atoms with Gasteiger partial charge >= 0.3 is 0 Å². The van der Waals surface area contributed by atoms with Gasteiger partial charge in [0.05, 0.1) is 6.20 Å². The summed E-state index contributed by atoms with van der Waals surface area (Å²) in [6, 6.07) is 0. The molecular weight excluding hydrogens is 212 g/mol. The summed E-state index contributed by atoms with van der Waals surface area (Å²) in [5.74, 6) is 1.61. The maximum absolute atomic E-state index is 5.98. The smallest absolute Gasteiger partial charge is 0.222 e. The maximum atomic E-state index is 5.98. The Morgan fingerprint density at radius 1 is 1.53 bits per heavy atom. The second kappa shape index (κ2) is 5.16. The van der Waals surface area contributed by atoms with Crippen LogP contribution in [0.25, 0.3) is 0 Å². The third-order valence-electron chi connectivity index (χ3n) is 2.15. The van der Waals surface area contributed by atoms with E-state index in [4.69, 9.17) is 17.3 Å². The van der Waals surface area contributed by atoms with E-state index in [1.54, 1.807) is 0 Å². The summed E-state index contributed by atoms with van der Waals surface area (Å²) < 4.78 is 0. The van der Waals surface area contributed by atoms with E-state index >= 15 is 0 Å². The first kappa shape index (κ1) is 12.0. The summed E-state index contributed by atoms with van der Waals surface area (Å²) in [6.07, 6.45) is 2.63. The quantitative estimate of drug-likeness (QED) is 0.859. The predicted molar refractivity (Wildman–Crippen MR) is 64.2 cm³/mol. The minimum atomic E-state index is 0.255. The van der Waals surface area contributed by atoms with Gasteiger partial charge in [0.2, 0.25) is 5.95 Å². The van der Waals surface area contributed by atoms with Gasteiger partial charge in [-0.05, 0) is 12.3 Å². The Balaban J connectivity index is 2.72. The fourth-order valence-electron chi connectivity index (χ4n) is 1.20. The van der Waals surface area contributed by atoms with Crippen LogP contribution in [0.2, 0.25) is 5.02 Å². The first-order valence-corrected chi connectivity index (χ1v) is 5.37. The van der Waals surface area contributed by atoms with Gasteiger partial charge in [-0.15, -0.1) is 0 Å². The maximum Gasteiger partial charge on any atom is 0.222 e. The Bertz CT molecular complexity index is 327. The van der Waals surface area contributed by atoms with E-state index in [2.05, 4.69) is 23.8 Å². The zero-order chi connectivity index (χ0) is 11.4. The zero-order valence-electron chi connectivity index (χ0n) is 9.37. The van der Waals surface area contributed by atoms with E-state index in [9.17, 15) is 0 Å². The fraction of sp³-hybridized carbons (Fsp3) is 0.600. The van der Waals surface area contributed by atoms with Crippen LogP contribution in [-0.2, 0) is 0 Å². The number of anilines is 2. The van der Waals surface area contributed by atoms with Gasteiger partial charge in [0, 0.05) is 13.6 Å². The van der Waals surface area contributed by atoms with E-state index < -0.39 is 0 Å². The number of nitrogens with two attached hydrogens (primary N) is 1. The van der Waals surface area contributed by atoms with E-state index in [-0.39, 0.29) is 5.95 Å². The van der Waals surface area contributed by atoms with Gasteiger partial charge < -0.3 is 10.6 Å². The molecule has 0 unspecified atom stereocenters. The van der Waals surface area contributed by atoms with Gasteiger partial charge in [-0.2, -0.15) is 4.98 Å². The highest BCUT2D eigenvalue weighted by Gasteiger charge is 2.09. The molecule has 4 nitrogen and oxygen atoms in total. The normalized spacial score (nSPS) is 10.7. The Morgan fingerprint density at radius 3 is 2.80 bits per heavy atom. The molecular formula is C10H17ClN4. The molecule has 1 aromatic rings. The molecule has 0 atom stereocenters. The van der Waals surface area contributed by atoms with Crippen molar-refractivity contribution in [3.63, 3.8) is 0 Å². The lowest BCUT2D eigenvalue weighted by molar-refractivity contribution is 0.583. The van der Waals surface area contributed by atoms with Crippen LogP contribution in [0.15, 0.2) is 6.20 Å². The summed E-state index contributed by atoms with van der Waals surface area (Å²) in [4.78, 5) is 9.94. The van der Waals surface area contributed by atoms with Crippen molar-refractivity contribution in [2.24, 2.45) is 5.92 Å². The van der Waals surface area contributed by atoms with Gasteiger partial charge in [0.15, 0.2) is 5.82 Å². The number of hydrogen-bond donors (Lipinski definition) is 1. The number of rotatable bonds is 4. The van der Waals surface area contributed by atoms with Gasteiger partial charge in [0.1, 0.15) is 5.02 Å². The van der Waals surface area contributed by atoms with Crippen LogP contribution in [0.5, 0.6) is 0 Å². The average molecular weight is 229 g/mol. The van der Waals surface area contributed by atoms with Crippen molar-refractivity contribution in [2.45, 2.75) is 20.3 Å². The van der Waals surface area contributed by atoms with Crippen molar-refractivity contribution >= 4 is 23.4 Å². The Kier molecular flexibility index (Phi) is 4.15. The number of nitrogens with zero attached hydrogens (tertiary/aromatic N) is 3. The van der Waals surface area contributed by atoms with Gasteiger partial charge in [0.25, 0.3) is 0 Å². The molecule has 84 valence electrons. The van der Waals surface area contributed by atoms with Crippen molar-refractivity contribution in [2.75, 3.05) is 24.2 Å². The van der Waals surface area contributed by atoms with Crippen molar-refractivity contribution in [1.82, 2.24) is 9.97 Å². The summed E-state index contributed by atoms with van der Waals surface area (Å²) in [5, 5.41) is 0.537.